The molecule has 3 aromatic rings. The van der Waals surface area contributed by atoms with Gasteiger partial charge in [0, 0.05) is 46.3 Å². The van der Waals surface area contributed by atoms with Crippen LogP contribution in [0.2, 0.25) is 0 Å². The number of carbonyl (C=O) groups is 1. The number of nitrogens with zero attached hydrogens (tertiary/aromatic N) is 1. The first-order chi connectivity index (χ1) is 12.9. The third kappa shape index (κ3) is 3.62. The van der Waals surface area contributed by atoms with Gasteiger partial charge in [0.25, 0.3) is 5.91 Å². The number of fused-ring (bicyclic) bond motifs is 1. The Hall–Kier alpha value is -2.23. The van der Waals surface area contributed by atoms with Crippen molar-refractivity contribution in [2.24, 2.45) is 0 Å². The number of hydrogen-bond donors (Lipinski definition) is 1. The van der Waals surface area contributed by atoms with Gasteiger partial charge < -0.3 is 18.6 Å². The predicted molar refractivity (Wildman–Crippen MR) is 105 cm³/mol. The Labute approximate surface area is 165 Å². The molecule has 0 radical (unpaired) electrons. The van der Waals surface area contributed by atoms with Gasteiger partial charge in [-0.15, -0.1) is 0 Å². The number of carbonyl (C=O) groups excluding carboxylic acids is 1. The average Bonchev–Trinajstić information content (AvgIpc) is 3.00. The first-order valence-corrected chi connectivity index (χ1v) is 9.80. The van der Waals surface area contributed by atoms with Gasteiger partial charge in [0.1, 0.15) is 17.2 Å². The lowest BCUT2D eigenvalue weighted by Gasteiger charge is -2.25. The minimum Gasteiger partial charge on any atom is -0.755 e. The molecular formula is C18H15BrFN2O4S-. The number of hydrogen-bond acceptors (Lipinski definition) is 4. The van der Waals surface area contributed by atoms with Crippen LogP contribution in [0.5, 0.6) is 0 Å². The number of nitrogens with one attached hydrogen (secondary N) is 1. The van der Waals surface area contributed by atoms with E-state index in [9.17, 15) is 17.9 Å². The molecule has 6 nitrogen and oxygen atoms in total. The van der Waals surface area contributed by atoms with E-state index in [2.05, 4.69) is 21.2 Å². The SMILES string of the molecule is CCN(c1cc2oc(-c3ccc(F)cc3)c(C(=O)NC)c2cc1Br)S(=O)[O-]. The highest BCUT2D eigenvalue weighted by Gasteiger charge is 2.23. The van der Waals surface area contributed by atoms with Crippen molar-refractivity contribution in [1.82, 2.24) is 5.32 Å². The minimum absolute atomic E-state index is 0.230. The highest BCUT2D eigenvalue weighted by atomic mass is 79.9. The van der Waals surface area contributed by atoms with E-state index < -0.39 is 17.1 Å². The molecule has 0 saturated carbocycles. The molecule has 27 heavy (non-hydrogen) atoms. The molecule has 0 saturated heterocycles. The van der Waals surface area contributed by atoms with E-state index in [1.807, 2.05) is 0 Å². The van der Waals surface area contributed by atoms with Crippen LogP contribution in [0.25, 0.3) is 22.3 Å². The van der Waals surface area contributed by atoms with Crippen LogP contribution >= 0.6 is 15.9 Å². The molecule has 0 fully saturated rings. The molecule has 2 aromatic carbocycles. The monoisotopic (exact) mass is 453 g/mol. The van der Waals surface area contributed by atoms with Crippen LogP contribution < -0.4 is 9.62 Å². The van der Waals surface area contributed by atoms with Crippen LogP contribution in [-0.2, 0) is 11.3 Å². The molecule has 1 aromatic heterocycles. The van der Waals surface area contributed by atoms with Gasteiger partial charge in [0.05, 0.1) is 11.3 Å². The molecule has 0 aliphatic rings. The van der Waals surface area contributed by atoms with Gasteiger partial charge in [-0.1, -0.05) is 0 Å². The second-order valence-corrected chi connectivity index (χ2v) is 7.33. The van der Waals surface area contributed by atoms with Crippen LogP contribution in [-0.4, -0.2) is 28.3 Å². The summed E-state index contributed by atoms with van der Waals surface area (Å²) < 4.78 is 43.8. The van der Waals surface area contributed by atoms with Crippen LogP contribution in [0.3, 0.4) is 0 Å². The number of halogens is 2. The van der Waals surface area contributed by atoms with E-state index in [-0.39, 0.29) is 23.8 Å². The van der Waals surface area contributed by atoms with Gasteiger partial charge in [0.2, 0.25) is 0 Å². The maximum Gasteiger partial charge on any atom is 0.255 e. The number of benzene rings is 2. The summed E-state index contributed by atoms with van der Waals surface area (Å²) in [5.41, 5.74) is 1.55. The molecule has 9 heteroatoms. The largest absolute Gasteiger partial charge is 0.755 e. The second kappa shape index (κ2) is 7.79. The van der Waals surface area contributed by atoms with Crippen molar-refractivity contribution in [1.29, 1.82) is 0 Å². The van der Waals surface area contributed by atoms with Gasteiger partial charge >= 0.3 is 0 Å². The Balaban J connectivity index is 2.29. The van der Waals surface area contributed by atoms with E-state index in [0.717, 1.165) is 4.31 Å². The standard InChI is InChI=1S/C18H16BrFN2O4S/c1-3-22(27(24)25)14-9-15-12(8-13(14)19)16(18(23)21-2)17(26-15)10-4-6-11(20)7-5-10/h4-9H,3H2,1-2H3,(H,21,23)(H,24,25)/p-1. The van der Waals surface area contributed by atoms with E-state index in [0.29, 0.717) is 26.7 Å². The second-order valence-electron chi connectivity index (χ2n) is 5.60. The zero-order chi connectivity index (χ0) is 19.7. The van der Waals surface area contributed by atoms with Gasteiger partial charge in [-0.05, 0) is 53.2 Å². The lowest BCUT2D eigenvalue weighted by Crippen LogP contribution is -2.25. The number of rotatable bonds is 5. The summed E-state index contributed by atoms with van der Waals surface area (Å²) in [6.45, 7) is 1.93. The summed E-state index contributed by atoms with van der Waals surface area (Å²) in [6, 6.07) is 8.77. The van der Waals surface area contributed by atoms with Gasteiger partial charge in [-0.25, -0.2) is 4.39 Å². The minimum atomic E-state index is -2.46. The highest BCUT2D eigenvalue weighted by molar-refractivity contribution is 9.10. The van der Waals surface area contributed by atoms with Crippen molar-refractivity contribution >= 4 is 49.8 Å². The molecule has 0 aliphatic heterocycles. The molecule has 1 amide bonds. The van der Waals surface area contributed by atoms with Crippen LogP contribution in [0.15, 0.2) is 45.3 Å². The quantitative estimate of drug-likeness (QED) is 0.591. The van der Waals surface area contributed by atoms with Crippen LogP contribution in [0, 0.1) is 5.82 Å². The third-order valence-electron chi connectivity index (χ3n) is 4.05. The number of furan rings is 1. The van der Waals surface area contributed by atoms with Crippen molar-refractivity contribution in [3.05, 3.63) is 52.3 Å². The zero-order valence-corrected chi connectivity index (χ0v) is 16.8. The van der Waals surface area contributed by atoms with Crippen molar-refractivity contribution in [3.8, 4) is 11.3 Å². The molecule has 1 atom stereocenters. The normalized spacial score (nSPS) is 12.2. The summed E-state index contributed by atoms with van der Waals surface area (Å²) >= 11 is 0.905. The first-order valence-electron chi connectivity index (χ1n) is 7.98. The van der Waals surface area contributed by atoms with Crippen molar-refractivity contribution in [2.45, 2.75) is 6.92 Å². The fraction of sp³-hybridized carbons (Fsp3) is 0.167. The van der Waals surface area contributed by atoms with Crippen molar-refractivity contribution in [2.75, 3.05) is 17.9 Å². The van der Waals surface area contributed by atoms with Gasteiger partial charge in [-0.3, -0.25) is 9.00 Å². The Morgan fingerprint density at radius 2 is 2.00 bits per heavy atom. The third-order valence-corrected chi connectivity index (χ3v) is 5.50. The molecule has 0 bridgehead atoms. The fourth-order valence-corrected chi connectivity index (χ4v) is 4.01. The summed E-state index contributed by atoms with van der Waals surface area (Å²) in [5, 5.41) is 3.08. The summed E-state index contributed by atoms with van der Waals surface area (Å²) in [7, 11) is 1.50. The highest BCUT2D eigenvalue weighted by Crippen LogP contribution is 2.39. The molecule has 0 spiro atoms. The maximum absolute atomic E-state index is 13.3. The zero-order valence-electron chi connectivity index (χ0n) is 14.4. The Morgan fingerprint density at radius 1 is 1.33 bits per heavy atom. The topological polar surface area (TPSA) is 85.6 Å². The molecule has 3 rings (SSSR count). The first kappa shape index (κ1) is 19.5. The van der Waals surface area contributed by atoms with E-state index in [1.54, 1.807) is 19.1 Å². The lowest BCUT2D eigenvalue weighted by atomic mass is 10.0. The maximum atomic E-state index is 13.3. The van der Waals surface area contributed by atoms with Crippen molar-refractivity contribution < 1.29 is 22.4 Å². The summed E-state index contributed by atoms with van der Waals surface area (Å²) in [5.74, 6) is -0.495. The summed E-state index contributed by atoms with van der Waals surface area (Å²) in [4.78, 5) is 12.5. The number of amides is 1. The smallest absolute Gasteiger partial charge is 0.255 e. The number of anilines is 1. The van der Waals surface area contributed by atoms with E-state index in [1.165, 1.54) is 31.3 Å². The van der Waals surface area contributed by atoms with Crippen molar-refractivity contribution in [3.63, 3.8) is 0 Å². The van der Waals surface area contributed by atoms with E-state index >= 15 is 0 Å². The van der Waals surface area contributed by atoms with E-state index in [4.69, 9.17) is 4.42 Å². The Bertz CT molecular complexity index is 1040. The molecule has 142 valence electrons. The average molecular weight is 454 g/mol. The predicted octanol–water partition coefficient (Wildman–Crippen LogP) is 3.98. The molecule has 1 unspecified atom stereocenters. The Kier molecular flexibility index (Phi) is 5.64. The Morgan fingerprint density at radius 3 is 2.56 bits per heavy atom. The molecule has 1 heterocycles. The van der Waals surface area contributed by atoms with Gasteiger partial charge in [-0.2, -0.15) is 0 Å². The molecule has 0 aliphatic carbocycles. The van der Waals surface area contributed by atoms with Gasteiger partial charge in [0.15, 0.2) is 0 Å². The van der Waals surface area contributed by atoms with Crippen LogP contribution in [0.1, 0.15) is 17.3 Å². The molecule has 1 N–H and O–H groups in total. The molecular weight excluding hydrogens is 439 g/mol. The summed E-state index contributed by atoms with van der Waals surface area (Å²) in [6.07, 6.45) is 0. The van der Waals surface area contributed by atoms with Crippen LogP contribution in [0.4, 0.5) is 10.1 Å². The fourth-order valence-electron chi connectivity index (χ4n) is 2.81. The lowest BCUT2D eigenvalue weighted by molar-refractivity contribution is 0.0964.